The fourth-order valence-corrected chi connectivity index (χ4v) is 5.90. The molecule has 0 heterocycles. The number of hydrogen-bond acceptors (Lipinski definition) is 7. The minimum Gasteiger partial charge on any atom is -0.497 e. The first-order valence-electron chi connectivity index (χ1n) is 12.8. The van der Waals surface area contributed by atoms with Gasteiger partial charge in [0.05, 0.1) is 36.7 Å². The van der Waals surface area contributed by atoms with Crippen LogP contribution in [0.25, 0.3) is 0 Å². The number of methoxy groups -OCH3 is 1. The van der Waals surface area contributed by atoms with Crippen LogP contribution < -0.4 is 21.1 Å². The van der Waals surface area contributed by atoms with Gasteiger partial charge >= 0.3 is 0 Å². The number of hydrogen-bond donors (Lipinski definition) is 4. The van der Waals surface area contributed by atoms with Crippen LogP contribution in [0.2, 0.25) is 0 Å². The predicted octanol–water partition coefficient (Wildman–Crippen LogP) is 1.83. The normalized spacial score (nSPS) is 14.0. The van der Waals surface area contributed by atoms with Crippen molar-refractivity contribution in [2.45, 2.75) is 51.8 Å². The number of amides is 2. The number of aliphatic hydroxyl groups is 1. The van der Waals surface area contributed by atoms with Crippen molar-refractivity contribution < 1.29 is 27.9 Å². The molecule has 2 aromatic carbocycles. The van der Waals surface area contributed by atoms with Crippen molar-refractivity contribution in [2.75, 3.05) is 25.2 Å². The van der Waals surface area contributed by atoms with Crippen LogP contribution >= 0.6 is 0 Å². The lowest BCUT2D eigenvalue weighted by molar-refractivity contribution is -0.129. The lowest BCUT2D eigenvalue weighted by atomic mass is 9.99. The minimum absolute atomic E-state index is 0.0720. The van der Waals surface area contributed by atoms with Crippen molar-refractivity contribution in [3.63, 3.8) is 0 Å². The highest BCUT2D eigenvalue weighted by molar-refractivity contribution is 7.91. The van der Waals surface area contributed by atoms with Crippen molar-refractivity contribution in [3.8, 4) is 5.75 Å². The lowest BCUT2D eigenvalue weighted by Crippen LogP contribution is -2.51. The van der Waals surface area contributed by atoms with Crippen molar-refractivity contribution in [2.24, 2.45) is 17.6 Å². The summed E-state index contributed by atoms with van der Waals surface area (Å²) in [6.45, 7) is 4.48. The van der Waals surface area contributed by atoms with Gasteiger partial charge in [0.1, 0.15) is 5.75 Å². The third-order valence-electron chi connectivity index (χ3n) is 6.19. The van der Waals surface area contributed by atoms with Crippen LogP contribution in [0.4, 0.5) is 0 Å². The van der Waals surface area contributed by atoms with E-state index in [0.29, 0.717) is 19.4 Å². The van der Waals surface area contributed by atoms with E-state index in [-0.39, 0.29) is 18.2 Å². The standard InChI is InChI=1S/C28H41N3O6S/c1-20(2)12-13-38(35,36)19-23(16-27(29)33)28(34)31-25(15-21-8-5-4-6-9-21)26(32)18-30-17-22-10-7-11-24(14-22)37-3/h4-11,14,20,23,25-26,30,32H,12-13,15-19H2,1-3H3,(H2,29,33)(H,31,34)/t23?,25-,26+/m0/s1. The lowest BCUT2D eigenvalue weighted by Gasteiger charge is -2.27. The number of ether oxygens (including phenoxy) is 1. The third-order valence-corrected chi connectivity index (χ3v) is 7.95. The van der Waals surface area contributed by atoms with Gasteiger partial charge in [-0.3, -0.25) is 9.59 Å². The Morgan fingerprint density at radius 1 is 1.05 bits per heavy atom. The summed E-state index contributed by atoms with van der Waals surface area (Å²) in [6.07, 6.45) is -0.606. The van der Waals surface area contributed by atoms with Gasteiger partial charge in [-0.25, -0.2) is 8.42 Å². The van der Waals surface area contributed by atoms with Gasteiger partial charge in [-0.15, -0.1) is 0 Å². The number of nitrogens with one attached hydrogen (secondary N) is 2. The number of primary amides is 1. The van der Waals surface area contributed by atoms with E-state index in [0.717, 1.165) is 16.9 Å². The van der Waals surface area contributed by atoms with Crippen molar-refractivity contribution in [1.82, 2.24) is 10.6 Å². The predicted molar refractivity (Wildman–Crippen MR) is 148 cm³/mol. The Hall–Kier alpha value is -2.95. The minimum atomic E-state index is -3.59. The maximum absolute atomic E-state index is 13.2. The second kappa shape index (κ2) is 15.5. The summed E-state index contributed by atoms with van der Waals surface area (Å²) >= 11 is 0. The fraction of sp³-hybridized carbons (Fsp3) is 0.500. The molecule has 10 heteroatoms. The Bertz CT molecular complexity index is 1120. The molecule has 38 heavy (non-hydrogen) atoms. The Morgan fingerprint density at radius 2 is 1.74 bits per heavy atom. The topological polar surface area (TPSA) is 148 Å². The van der Waals surface area contributed by atoms with E-state index < -0.39 is 51.9 Å². The zero-order valence-corrected chi connectivity index (χ0v) is 23.2. The van der Waals surface area contributed by atoms with Gasteiger partial charge < -0.3 is 26.2 Å². The molecule has 0 saturated heterocycles. The van der Waals surface area contributed by atoms with E-state index in [1.807, 2.05) is 68.4 Å². The zero-order chi connectivity index (χ0) is 28.1. The first kappa shape index (κ1) is 31.3. The van der Waals surface area contributed by atoms with Crippen LogP contribution in [0, 0.1) is 11.8 Å². The van der Waals surface area contributed by atoms with Crippen LogP contribution in [0.5, 0.6) is 5.75 Å². The SMILES string of the molecule is COc1cccc(CNC[C@@H](O)[C@H](Cc2ccccc2)NC(=O)C(CC(N)=O)CS(=O)(=O)CCC(C)C)c1. The highest BCUT2D eigenvalue weighted by Gasteiger charge is 2.30. The van der Waals surface area contributed by atoms with E-state index in [1.165, 1.54) is 0 Å². The molecule has 0 bridgehead atoms. The largest absolute Gasteiger partial charge is 0.497 e. The molecule has 0 aliphatic heterocycles. The Balaban J connectivity index is 2.13. The van der Waals surface area contributed by atoms with Crippen molar-refractivity contribution in [1.29, 1.82) is 0 Å². The second-order valence-electron chi connectivity index (χ2n) is 10.0. The maximum atomic E-state index is 13.2. The Morgan fingerprint density at radius 3 is 2.37 bits per heavy atom. The number of nitrogens with two attached hydrogens (primary N) is 1. The monoisotopic (exact) mass is 547 g/mol. The quantitative estimate of drug-likeness (QED) is 0.236. The van der Waals surface area contributed by atoms with Gasteiger partial charge in [-0.1, -0.05) is 56.3 Å². The number of carbonyl (C=O) groups excluding carboxylic acids is 2. The fourth-order valence-electron chi connectivity index (χ4n) is 4.02. The highest BCUT2D eigenvalue weighted by atomic mass is 32.2. The van der Waals surface area contributed by atoms with Crippen molar-refractivity contribution >= 4 is 21.7 Å². The van der Waals surface area contributed by atoms with Crippen LogP contribution in [0.1, 0.15) is 37.8 Å². The molecule has 2 aromatic rings. The molecular weight excluding hydrogens is 506 g/mol. The molecule has 2 amide bonds. The molecule has 2 rings (SSSR count). The van der Waals surface area contributed by atoms with Gasteiger partial charge in [0.15, 0.2) is 9.84 Å². The molecular formula is C28H41N3O6S. The molecule has 0 fully saturated rings. The van der Waals surface area contributed by atoms with Gasteiger partial charge in [0.2, 0.25) is 11.8 Å². The molecule has 0 aromatic heterocycles. The van der Waals surface area contributed by atoms with Crippen LogP contribution in [-0.4, -0.2) is 62.6 Å². The van der Waals surface area contributed by atoms with E-state index in [1.54, 1.807) is 7.11 Å². The molecule has 0 spiro atoms. The van der Waals surface area contributed by atoms with Crippen LogP contribution in [0.15, 0.2) is 54.6 Å². The van der Waals surface area contributed by atoms with Gasteiger partial charge in [0.25, 0.3) is 0 Å². The van der Waals surface area contributed by atoms with E-state index in [2.05, 4.69) is 10.6 Å². The number of sulfone groups is 1. The molecule has 1 unspecified atom stereocenters. The summed E-state index contributed by atoms with van der Waals surface area (Å²) in [7, 11) is -1.99. The summed E-state index contributed by atoms with van der Waals surface area (Å²) in [6, 6.07) is 16.2. The molecule has 0 radical (unpaired) electrons. The third kappa shape index (κ3) is 11.6. The van der Waals surface area contributed by atoms with Gasteiger partial charge in [-0.05, 0) is 42.0 Å². The van der Waals surface area contributed by atoms with E-state index in [4.69, 9.17) is 10.5 Å². The molecule has 5 N–H and O–H groups in total. The van der Waals surface area contributed by atoms with E-state index >= 15 is 0 Å². The molecule has 0 aliphatic rings. The molecule has 0 aliphatic carbocycles. The van der Waals surface area contributed by atoms with Gasteiger partial charge in [0, 0.05) is 19.5 Å². The smallest absolute Gasteiger partial charge is 0.224 e. The number of benzene rings is 2. The summed E-state index contributed by atoms with van der Waals surface area (Å²) in [5.74, 6) is -2.16. The first-order chi connectivity index (χ1) is 18.0. The first-order valence-corrected chi connectivity index (χ1v) is 14.7. The summed E-state index contributed by atoms with van der Waals surface area (Å²) < 4.78 is 30.6. The molecule has 9 nitrogen and oxygen atoms in total. The Kier molecular flexibility index (Phi) is 12.7. The number of rotatable bonds is 17. The molecule has 210 valence electrons. The van der Waals surface area contributed by atoms with Crippen LogP contribution in [0.3, 0.4) is 0 Å². The number of aliphatic hydroxyl groups excluding tert-OH is 1. The Labute approximate surface area is 226 Å². The van der Waals surface area contributed by atoms with Gasteiger partial charge in [-0.2, -0.15) is 0 Å². The van der Waals surface area contributed by atoms with Crippen molar-refractivity contribution in [3.05, 3.63) is 65.7 Å². The van der Waals surface area contributed by atoms with Crippen LogP contribution in [-0.2, 0) is 32.4 Å². The molecule has 0 saturated carbocycles. The maximum Gasteiger partial charge on any atom is 0.224 e. The average molecular weight is 548 g/mol. The highest BCUT2D eigenvalue weighted by Crippen LogP contribution is 2.15. The second-order valence-corrected chi connectivity index (χ2v) is 12.2. The average Bonchev–Trinajstić information content (AvgIpc) is 2.87. The number of carbonyl (C=O) groups is 2. The summed E-state index contributed by atoms with van der Waals surface area (Å²) in [4.78, 5) is 24.9. The molecule has 3 atom stereocenters. The summed E-state index contributed by atoms with van der Waals surface area (Å²) in [5.41, 5.74) is 7.20. The van der Waals surface area contributed by atoms with E-state index in [9.17, 15) is 23.1 Å². The summed E-state index contributed by atoms with van der Waals surface area (Å²) in [5, 5.41) is 17.0. The zero-order valence-electron chi connectivity index (χ0n) is 22.4.